The molecule has 0 aromatic heterocycles. The largest absolute Gasteiger partial charge is 0.461 e. The molecule has 0 saturated heterocycles. The van der Waals surface area contributed by atoms with E-state index in [4.69, 9.17) is 4.74 Å². The van der Waals surface area contributed by atoms with Gasteiger partial charge < -0.3 is 9.84 Å². The lowest BCUT2D eigenvalue weighted by molar-refractivity contribution is -0.168. The monoisotopic (exact) mass is 240 g/mol. The molecule has 3 nitrogen and oxygen atoms in total. The molecule has 0 aromatic carbocycles. The molecule has 0 aliphatic rings. The van der Waals surface area contributed by atoms with Crippen LogP contribution in [0.1, 0.15) is 40.5 Å². The zero-order valence-electron chi connectivity index (χ0n) is 11.3. The predicted octanol–water partition coefficient (Wildman–Crippen LogP) is 2.85. The summed E-state index contributed by atoms with van der Waals surface area (Å²) in [6, 6.07) is 0. The summed E-state index contributed by atoms with van der Waals surface area (Å²) in [6.45, 7) is 11.0. The van der Waals surface area contributed by atoms with E-state index >= 15 is 0 Å². The summed E-state index contributed by atoms with van der Waals surface area (Å²) in [5, 5.41) is 10.5. The van der Waals surface area contributed by atoms with E-state index in [2.05, 4.69) is 6.58 Å². The molecule has 2 atom stereocenters. The summed E-state index contributed by atoms with van der Waals surface area (Å²) in [7, 11) is 0. The highest BCUT2D eigenvalue weighted by molar-refractivity contribution is 5.82. The van der Waals surface area contributed by atoms with Crippen LogP contribution in [-0.4, -0.2) is 22.8 Å². The minimum absolute atomic E-state index is 0.244. The Bertz CT molecular complexity index is 281. The molecular weight excluding hydrogens is 216 g/mol. The second kappa shape index (κ2) is 7.28. The first-order valence-corrected chi connectivity index (χ1v) is 6.12. The first-order valence-electron chi connectivity index (χ1n) is 6.12. The first-order chi connectivity index (χ1) is 7.92. The molecule has 0 aliphatic heterocycles. The minimum atomic E-state index is -1.60. The molecular formula is C14H24O3. The maximum Gasteiger partial charge on any atom is 0.343 e. The van der Waals surface area contributed by atoms with Crippen LogP contribution >= 0.6 is 0 Å². The van der Waals surface area contributed by atoms with Gasteiger partial charge in [-0.15, -0.1) is 6.58 Å². The second-order valence-electron chi connectivity index (χ2n) is 4.41. The van der Waals surface area contributed by atoms with E-state index in [1.165, 1.54) is 6.08 Å². The van der Waals surface area contributed by atoms with Gasteiger partial charge in [0.1, 0.15) is 0 Å². The molecule has 0 radical (unpaired) electrons. The van der Waals surface area contributed by atoms with Gasteiger partial charge in [0.15, 0.2) is 5.60 Å². The molecule has 98 valence electrons. The fourth-order valence-electron chi connectivity index (χ4n) is 1.73. The summed E-state index contributed by atoms with van der Waals surface area (Å²) in [5.74, 6) is -0.932. The Labute approximate surface area is 104 Å². The van der Waals surface area contributed by atoms with Crippen molar-refractivity contribution in [1.82, 2.24) is 0 Å². The van der Waals surface area contributed by atoms with E-state index < -0.39 is 11.6 Å². The Hall–Kier alpha value is -1.09. The van der Waals surface area contributed by atoms with Crippen LogP contribution in [0.25, 0.3) is 0 Å². The number of esters is 1. The summed E-state index contributed by atoms with van der Waals surface area (Å²) in [4.78, 5) is 12.0. The number of carbonyl (C=O) groups excluding carboxylic acids is 1. The van der Waals surface area contributed by atoms with Crippen molar-refractivity contribution < 1.29 is 14.6 Å². The lowest BCUT2D eigenvalue weighted by Gasteiger charge is -2.30. The third-order valence-corrected chi connectivity index (χ3v) is 2.54. The molecule has 0 unspecified atom stereocenters. The highest BCUT2D eigenvalue weighted by atomic mass is 16.6. The van der Waals surface area contributed by atoms with Crippen molar-refractivity contribution in [3.05, 3.63) is 24.8 Å². The SMILES string of the molecule is C=C[C@@H](CCC)[C@@](O)(/C=C/C)C(=O)OC(C)C. The summed E-state index contributed by atoms with van der Waals surface area (Å²) in [6.07, 6.45) is 6.08. The molecule has 17 heavy (non-hydrogen) atoms. The molecule has 0 spiro atoms. The fourth-order valence-corrected chi connectivity index (χ4v) is 1.73. The van der Waals surface area contributed by atoms with E-state index in [-0.39, 0.29) is 12.0 Å². The quantitative estimate of drug-likeness (QED) is 0.550. The van der Waals surface area contributed by atoms with Crippen LogP contribution in [-0.2, 0) is 9.53 Å². The topological polar surface area (TPSA) is 46.5 Å². The summed E-state index contributed by atoms with van der Waals surface area (Å²) >= 11 is 0. The predicted molar refractivity (Wildman–Crippen MR) is 69.6 cm³/mol. The number of ether oxygens (including phenoxy) is 1. The highest BCUT2D eigenvalue weighted by Gasteiger charge is 2.41. The number of carbonyl (C=O) groups is 1. The van der Waals surface area contributed by atoms with Crippen LogP contribution in [0.5, 0.6) is 0 Å². The summed E-state index contributed by atoms with van der Waals surface area (Å²) in [5.41, 5.74) is -1.60. The molecule has 0 rings (SSSR count). The molecule has 0 heterocycles. The van der Waals surface area contributed by atoms with Crippen molar-refractivity contribution in [3.8, 4) is 0 Å². The average Bonchev–Trinajstić information content (AvgIpc) is 2.24. The van der Waals surface area contributed by atoms with Gasteiger partial charge >= 0.3 is 5.97 Å². The number of hydrogen-bond acceptors (Lipinski definition) is 3. The molecule has 0 bridgehead atoms. The van der Waals surface area contributed by atoms with Gasteiger partial charge in [0.2, 0.25) is 0 Å². The third kappa shape index (κ3) is 4.35. The fraction of sp³-hybridized carbons (Fsp3) is 0.643. The molecule has 0 amide bonds. The van der Waals surface area contributed by atoms with Gasteiger partial charge in [0, 0.05) is 5.92 Å². The number of allylic oxidation sites excluding steroid dienone is 1. The van der Waals surface area contributed by atoms with Crippen LogP contribution in [0.15, 0.2) is 24.8 Å². The average molecular weight is 240 g/mol. The van der Waals surface area contributed by atoms with E-state index in [9.17, 15) is 9.90 Å². The zero-order valence-corrected chi connectivity index (χ0v) is 11.3. The summed E-state index contributed by atoms with van der Waals surface area (Å²) < 4.78 is 5.11. The van der Waals surface area contributed by atoms with Gasteiger partial charge in [-0.2, -0.15) is 0 Å². The third-order valence-electron chi connectivity index (χ3n) is 2.54. The van der Waals surface area contributed by atoms with Crippen molar-refractivity contribution in [2.45, 2.75) is 52.2 Å². The first kappa shape index (κ1) is 15.9. The van der Waals surface area contributed by atoms with Crippen molar-refractivity contribution in [1.29, 1.82) is 0 Å². The second-order valence-corrected chi connectivity index (χ2v) is 4.41. The van der Waals surface area contributed by atoms with E-state index in [0.29, 0.717) is 6.42 Å². The molecule has 0 aromatic rings. The zero-order chi connectivity index (χ0) is 13.5. The number of rotatable bonds is 7. The van der Waals surface area contributed by atoms with Gasteiger partial charge in [-0.25, -0.2) is 4.79 Å². The molecule has 0 aliphatic carbocycles. The van der Waals surface area contributed by atoms with Gasteiger partial charge in [-0.3, -0.25) is 0 Å². The van der Waals surface area contributed by atoms with Crippen LogP contribution < -0.4 is 0 Å². The van der Waals surface area contributed by atoms with E-state index in [1.54, 1.807) is 32.9 Å². The Morgan fingerprint density at radius 1 is 1.53 bits per heavy atom. The highest BCUT2D eigenvalue weighted by Crippen LogP contribution is 2.27. The van der Waals surface area contributed by atoms with Gasteiger partial charge in [-0.1, -0.05) is 25.5 Å². The number of aliphatic hydroxyl groups is 1. The molecule has 1 N–H and O–H groups in total. The lowest BCUT2D eigenvalue weighted by atomic mass is 9.83. The standard InChI is InChI=1S/C14H24O3/c1-6-9-12(8-3)14(16,10-7-2)13(15)17-11(4)5/h7-8,10-12,16H,3,6,9H2,1-2,4-5H3/b10-7+/t12-,14-/m0/s1. The van der Waals surface area contributed by atoms with Gasteiger partial charge in [0.25, 0.3) is 0 Å². The molecule has 0 fully saturated rings. The molecule has 3 heteroatoms. The van der Waals surface area contributed by atoms with Crippen molar-refractivity contribution in [2.75, 3.05) is 0 Å². The maximum absolute atomic E-state index is 12.0. The lowest BCUT2D eigenvalue weighted by Crippen LogP contribution is -2.45. The normalized spacial score (nSPS) is 16.8. The van der Waals surface area contributed by atoms with Crippen LogP contribution in [0.3, 0.4) is 0 Å². The van der Waals surface area contributed by atoms with E-state index in [0.717, 1.165) is 6.42 Å². The van der Waals surface area contributed by atoms with Crippen LogP contribution in [0.4, 0.5) is 0 Å². The van der Waals surface area contributed by atoms with E-state index in [1.807, 2.05) is 6.92 Å². The Kier molecular flexibility index (Phi) is 6.81. The van der Waals surface area contributed by atoms with Crippen LogP contribution in [0, 0.1) is 5.92 Å². The Balaban J connectivity index is 5.11. The van der Waals surface area contributed by atoms with Crippen molar-refractivity contribution in [2.24, 2.45) is 5.92 Å². The molecule has 0 saturated carbocycles. The van der Waals surface area contributed by atoms with Crippen LogP contribution in [0.2, 0.25) is 0 Å². The maximum atomic E-state index is 12.0. The van der Waals surface area contributed by atoms with Crippen molar-refractivity contribution >= 4 is 5.97 Å². The number of hydrogen-bond donors (Lipinski definition) is 1. The Morgan fingerprint density at radius 2 is 2.12 bits per heavy atom. The Morgan fingerprint density at radius 3 is 2.47 bits per heavy atom. The van der Waals surface area contributed by atoms with Gasteiger partial charge in [-0.05, 0) is 33.3 Å². The smallest absolute Gasteiger partial charge is 0.343 e. The van der Waals surface area contributed by atoms with Crippen molar-refractivity contribution in [3.63, 3.8) is 0 Å². The minimum Gasteiger partial charge on any atom is -0.461 e. The van der Waals surface area contributed by atoms with Gasteiger partial charge in [0.05, 0.1) is 6.10 Å².